The van der Waals surface area contributed by atoms with Crippen LogP contribution in [0.5, 0.6) is 17.2 Å². The summed E-state index contributed by atoms with van der Waals surface area (Å²) in [6.07, 6.45) is 4.09. The van der Waals surface area contributed by atoms with Crippen LogP contribution in [0, 0.1) is 0 Å². The first-order chi connectivity index (χ1) is 14.6. The van der Waals surface area contributed by atoms with E-state index in [1.165, 1.54) is 0 Å². The molecule has 7 heteroatoms. The molecule has 1 aliphatic carbocycles. The molecule has 2 aromatic rings. The van der Waals surface area contributed by atoms with E-state index in [1.54, 1.807) is 7.11 Å². The Hall–Kier alpha value is -3.09. The smallest absolute Gasteiger partial charge is 0.321 e. The molecule has 1 saturated heterocycles. The van der Waals surface area contributed by atoms with Crippen LogP contribution in [0.1, 0.15) is 25.7 Å². The summed E-state index contributed by atoms with van der Waals surface area (Å²) in [4.78, 5) is 16.9. The van der Waals surface area contributed by atoms with Crippen molar-refractivity contribution in [3.8, 4) is 17.2 Å². The molecule has 1 saturated carbocycles. The molecule has 2 aliphatic heterocycles. The fourth-order valence-electron chi connectivity index (χ4n) is 4.45. The van der Waals surface area contributed by atoms with E-state index in [1.807, 2.05) is 35.2 Å². The third-order valence-electron chi connectivity index (χ3n) is 6.16. The third kappa shape index (κ3) is 3.60. The Labute approximate surface area is 176 Å². The van der Waals surface area contributed by atoms with Gasteiger partial charge in [-0.1, -0.05) is 0 Å². The number of carbonyl (C=O) groups is 1. The number of methoxy groups -OCH3 is 1. The summed E-state index contributed by atoms with van der Waals surface area (Å²) < 4.78 is 17.4. The van der Waals surface area contributed by atoms with Gasteiger partial charge in [-0.05, 0) is 49.2 Å². The Morgan fingerprint density at radius 1 is 0.967 bits per heavy atom. The van der Waals surface area contributed by atoms with Crippen LogP contribution in [-0.2, 0) is 0 Å². The van der Waals surface area contributed by atoms with Gasteiger partial charge >= 0.3 is 6.03 Å². The Balaban J connectivity index is 1.17. The number of fused-ring (bicyclic) bond motifs is 1. The summed E-state index contributed by atoms with van der Waals surface area (Å²) in [5.74, 6) is 1.85. The topological polar surface area (TPSA) is 63.3 Å². The minimum Gasteiger partial charge on any atom is -0.497 e. The minimum atomic E-state index is -0.483. The molecule has 1 N–H and O–H groups in total. The first-order valence-electron chi connectivity index (χ1n) is 10.6. The number of rotatable bonds is 3. The summed E-state index contributed by atoms with van der Waals surface area (Å²) in [6, 6.07) is 13.6. The van der Waals surface area contributed by atoms with E-state index in [4.69, 9.17) is 14.2 Å². The molecule has 0 aromatic heterocycles. The van der Waals surface area contributed by atoms with E-state index >= 15 is 0 Å². The number of amides is 2. The normalized spacial score (nSPS) is 19.2. The largest absolute Gasteiger partial charge is 0.497 e. The highest BCUT2D eigenvalue weighted by atomic mass is 16.7. The van der Waals surface area contributed by atoms with Crippen molar-refractivity contribution in [2.45, 2.75) is 31.5 Å². The van der Waals surface area contributed by atoms with Gasteiger partial charge in [0.1, 0.15) is 5.75 Å². The molecule has 7 nitrogen and oxygen atoms in total. The van der Waals surface area contributed by atoms with Crippen molar-refractivity contribution in [1.29, 1.82) is 0 Å². The van der Waals surface area contributed by atoms with Crippen LogP contribution in [0.4, 0.5) is 16.2 Å². The number of hydrogen-bond acceptors (Lipinski definition) is 5. The lowest BCUT2D eigenvalue weighted by molar-refractivity contribution is -0.0716. The number of piperazine rings is 1. The van der Waals surface area contributed by atoms with Crippen LogP contribution in [0.2, 0.25) is 0 Å². The second kappa shape index (κ2) is 7.63. The van der Waals surface area contributed by atoms with Crippen molar-refractivity contribution < 1.29 is 19.0 Å². The van der Waals surface area contributed by atoms with Gasteiger partial charge < -0.3 is 29.3 Å². The van der Waals surface area contributed by atoms with Crippen LogP contribution in [-0.4, -0.2) is 50.0 Å². The summed E-state index contributed by atoms with van der Waals surface area (Å²) in [7, 11) is 1.67. The predicted octanol–water partition coefficient (Wildman–Crippen LogP) is 4.09. The lowest BCUT2D eigenvalue weighted by Gasteiger charge is -2.36. The van der Waals surface area contributed by atoms with E-state index in [2.05, 4.69) is 22.3 Å². The minimum absolute atomic E-state index is 0.0844. The summed E-state index contributed by atoms with van der Waals surface area (Å²) in [5, 5.41) is 3.01. The van der Waals surface area contributed by atoms with Gasteiger partial charge in [0, 0.05) is 56.5 Å². The van der Waals surface area contributed by atoms with Crippen LogP contribution in [0.15, 0.2) is 42.5 Å². The Kier molecular flexibility index (Phi) is 4.81. The van der Waals surface area contributed by atoms with Gasteiger partial charge in [0.2, 0.25) is 0 Å². The van der Waals surface area contributed by atoms with Gasteiger partial charge in [0.25, 0.3) is 5.79 Å². The molecule has 158 valence electrons. The number of anilines is 2. The Morgan fingerprint density at radius 2 is 1.67 bits per heavy atom. The van der Waals surface area contributed by atoms with E-state index < -0.39 is 5.79 Å². The van der Waals surface area contributed by atoms with Crippen LogP contribution >= 0.6 is 0 Å². The second-order valence-electron chi connectivity index (χ2n) is 8.09. The van der Waals surface area contributed by atoms with E-state index in [0.717, 1.165) is 67.4 Å². The zero-order valence-corrected chi connectivity index (χ0v) is 17.2. The maximum absolute atomic E-state index is 12.8. The number of nitrogens with zero attached hydrogens (tertiary/aromatic N) is 2. The summed E-state index contributed by atoms with van der Waals surface area (Å²) >= 11 is 0. The number of benzene rings is 2. The molecule has 0 unspecified atom stereocenters. The molecule has 1 spiro atoms. The quantitative estimate of drug-likeness (QED) is 0.827. The molecule has 3 aliphatic rings. The average molecular weight is 409 g/mol. The van der Waals surface area contributed by atoms with Gasteiger partial charge in [0.15, 0.2) is 11.5 Å². The number of urea groups is 1. The lowest BCUT2D eigenvalue weighted by atomic mass is 10.2. The van der Waals surface area contributed by atoms with Crippen LogP contribution in [0.25, 0.3) is 0 Å². The maximum atomic E-state index is 12.8. The van der Waals surface area contributed by atoms with Gasteiger partial charge in [-0.2, -0.15) is 0 Å². The molecule has 5 rings (SSSR count). The average Bonchev–Trinajstić information content (AvgIpc) is 3.39. The fraction of sp³-hybridized carbons (Fsp3) is 0.435. The van der Waals surface area contributed by atoms with Gasteiger partial charge in [0.05, 0.1) is 7.11 Å². The van der Waals surface area contributed by atoms with Crippen molar-refractivity contribution in [3.63, 3.8) is 0 Å². The highest BCUT2D eigenvalue weighted by Crippen LogP contribution is 2.47. The van der Waals surface area contributed by atoms with Crippen molar-refractivity contribution in [1.82, 2.24) is 4.90 Å². The second-order valence-corrected chi connectivity index (χ2v) is 8.09. The highest BCUT2D eigenvalue weighted by Gasteiger charge is 2.44. The zero-order valence-electron chi connectivity index (χ0n) is 17.2. The molecule has 0 radical (unpaired) electrons. The molecule has 2 amide bonds. The molecule has 30 heavy (non-hydrogen) atoms. The number of carbonyl (C=O) groups excluding carboxylic acids is 1. The molecule has 0 atom stereocenters. The summed E-state index contributed by atoms with van der Waals surface area (Å²) in [5.41, 5.74) is 1.88. The molecular weight excluding hydrogens is 382 g/mol. The Bertz CT molecular complexity index is 917. The molecule has 2 aromatic carbocycles. The Morgan fingerprint density at radius 3 is 2.37 bits per heavy atom. The number of hydrogen-bond donors (Lipinski definition) is 1. The molecule has 2 heterocycles. The van der Waals surface area contributed by atoms with E-state index in [-0.39, 0.29) is 6.03 Å². The number of nitrogens with one attached hydrogen (secondary N) is 1. The highest BCUT2D eigenvalue weighted by molar-refractivity contribution is 5.90. The van der Waals surface area contributed by atoms with Gasteiger partial charge in [-0.25, -0.2) is 4.79 Å². The van der Waals surface area contributed by atoms with E-state index in [9.17, 15) is 4.79 Å². The lowest BCUT2D eigenvalue weighted by Crippen LogP contribution is -2.50. The van der Waals surface area contributed by atoms with Crippen LogP contribution < -0.4 is 24.4 Å². The van der Waals surface area contributed by atoms with Gasteiger partial charge in [-0.3, -0.25) is 0 Å². The SMILES string of the molecule is COc1ccc(N2CCN(C(=O)Nc3ccc4c(c3)OC3(CCCC3)O4)CC2)cc1. The molecule has 2 fully saturated rings. The van der Waals surface area contributed by atoms with E-state index in [0.29, 0.717) is 13.1 Å². The van der Waals surface area contributed by atoms with Gasteiger partial charge in [-0.15, -0.1) is 0 Å². The zero-order chi connectivity index (χ0) is 20.6. The van der Waals surface area contributed by atoms with Crippen molar-refractivity contribution in [3.05, 3.63) is 42.5 Å². The maximum Gasteiger partial charge on any atom is 0.321 e. The molecule has 0 bridgehead atoms. The monoisotopic (exact) mass is 409 g/mol. The first-order valence-corrected chi connectivity index (χ1v) is 10.6. The standard InChI is InChI=1S/C23H27N3O4/c1-28-19-7-5-18(6-8-19)25-12-14-26(15-13-25)22(27)24-17-4-9-20-21(16-17)30-23(29-20)10-2-3-11-23/h4-9,16H,2-3,10-15H2,1H3,(H,24,27). The van der Waals surface area contributed by atoms with Crippen LogP contribution in [0.3, 0.4) is 0 Å². The first kappa shape index (κ1) is 18.9. The fourth-order valence-corrected chi connectivity index (χ4v) is 4.45. The van der Waals surface area contributed by atoms with Crippen molar-refractivity contribution in [2.24, 2.45) is 0 Å². The molecular formula is C23H27N3O4. The van der Waals surface area contributed by atoms with Crippen molar-refractivity contribution >= 4 is 17.4 Å². The number of ether oxygens (including phenoxy) is 3. The van der Waals surface area contributed by atoms with Crippen molar-refractivity contribution in [2.75, 3.05) is 43.5 Å². The third-order valence-corrected chi connectivity index (χ3v) is 6.16. The predicted molar refractivity (Wildman–Crippen MR) is 115 cm³/mol. The summed E-state index contributed by atoms with van der Waals surface area (Å²) in [6.45, 7) is 2.93.